The van der Waals surface area contributed by atoms with E-state index in [-0.39, 0.29) is 0 Å². The first kappa shape index (κ1) is 12.6. The number of hydrogen-bond donors (Lipinski definition) is 1. The molecule has 16 heavy (non-hydrogen) atoms. The number of rotatable bonds is 6. The second-order valence-electron chi connectivity index (χ2n) is 3.55. The largest absolute Gasteiger partial charge is 0.494 e. The van der Waals surface area contributed by atoms with Gasteiger partial charge in [0.2, 0.25) is 0 Å². The van der Waals surface area contributed by atoms with Crippen LogP contribution >= 0.6 is 0 Å². The Morgan fingerprint density at radius 2 is 2.06 bits per heavy atom. The van der Waals surface area contributed by atoms with E-state index in [9.17, 15) is 0 Å². The van der Waals surface area contributed by atoms with Crippen molar-refractivity contribution in [3.05, 3.63) is 29.8 Å². The topological polar surface area (TPSA) is 33.6 Å². The van der Waals surface area contributed by atoms with Crippen LogP contribution in [0.2, 0.25) is 0 Å². The smallest absolute Gasteiger partial charge is 0.251 e. The lowest BCUT2D eigenvalue weighted by Crippen LogP contribution is -2.04. The Balaban J connectivity index is 2.57. The van der Waals surface area contributed by atoms with Crippen LogP contribution in [-0.2, 0) is 0 Å². The molecule has 2 radical (unpaired) electrons. The van der Waals surface area contributed by atoms with Gasteiger partial charge in [-0.3, -0.25) is 0 Å². The first-order valence-corrected chi connectivity index (χ1v) is 5.51. The first-order valence-electron chi connectivity index (χ1n) is 5.51. The van der Waals surface area contributed by atoms with E-state index in [1.54, 1.807) is 0 Å². The van der Waals surface area contributed by atoms with Crippen LogP contribution in [0.25, 0.3) is 0 Å². The average Bonchev–Trinajstić information content (AvgIpc) is 2.30. The first-order chi connectivity index (χ1) is 7.77. The molecular formula is C12H17BN2O. The standard InChI is InChI=1S/C12H17BN2O/c1-3-4-9-16-12-7-5-11(6-8-12)10(2)14-15-13/h5-8,15H,3-4,9H2,1-2H3/b14-10+. The summed E-state index contributed by atoms with van der Waals surface area (Å²) < 4.78 is 5.56. The van der Waals surface area contributed by atoms with Crippen molar-refractivity contribution in [1.29, 1.82) is 0 Å². The zero-order valence-corrected chi connectivity index (χ0v) is 9.86. The lowest BCUT2D eigenvalue weighted by molar-refractivity contribution is 0.309. The third-order valence-electron chi connectivity index (χ3n) is 2.27. The SMILES string of the molecule is [B]N/N=C(\C)c1ccc(OCCCC)cc1. The Hall–Kier alpha value is -1.45. The molecule has 0 aliphatic heterocycles. The molecule has 3 nitrogen and oxygen atoms in total. The fourth-order valence-corrected chi connectivity index (χ4v) is 1.29. The highest BCUT2D eigenvalue weighted by atomic mass is 16.5. The second-order valence-corrected chi connectivity index (χ2v) is 3.55. The summed E-state index contributed by atoms with van der Waals surface area (Å²) in [5.74, 6) is 0.894. The number of hydrogen-bond acceptors (Lipinski definition) is 3. The Bertz CT molecular complexity index is 335. The maximum atomic E-state index is 5.56. The van der Waals surface area contributed by atoms with Crippen molar-refractivity contribution in [2.24, 2.45) is 5.10 Å². The Morgan fingerprint density at radius 1 is 1.38 bits per heavy atom. The Morgan fingerprint density at radius 3 is 2.62 bits per heavy atom. The van der Waals surface area contributed by atoms with Gasteiger partial charge >= 0.3 is 0 Å². The highest BCUT2D eigenvalue weighted by Gasteiger charge is 1.98. The molecular weight excluding hydrogens is 199 g/mol. The maximum absolute atomic E-state index is 5.56. The van der Waals surface area contributed by atoms with Crippen LogP contribution in [0.3, 0.4) is 0 Å². The summed E-state index contributed by atoms with van der Waals surface area (Å²) in [5, 5.41) is 6.18. The zero-order chi connectivity index (χ0) is 11.8. The summed E-state index contributed by atoms with van der Waals surface area (Å²) in [4.78, 5) is 0. The van der Waals surface area contributed by atoms with E-state index in [4.69, 9.17) is 12.7 Å². The highest BCUT2D eigenvalue weighted by Crippen LogP contribution is 2.13. The van der Waals surface area contributed by atoms with Gasteiger partial charge in [-0.15, -0.1) is 0 Å². The van der Waals surface area contributed by atoms with Crippen molar-refractivity contribution in [3.8, 4) is 5.75 Å². The molecule has 0 amide bonds. The zero-order valence-electron chi connectivity index (χ0n) is 9.86. The van der Waals surface area contributed by atoms with Gasteiger partial charge in [0.05, 0.1) is 12.3 Å². The normalized spacial score (nSPS) is 11.2. The van der Waals surface area contributed by atoms with Crippen molar-refractivity contribution in [1.82, 2.24) is 5.34 Å². The van der Waals surface area contributed by atoms with E-state index >= 15 is 0 Å². The molecule has 0 fully saturated rings. The number of ether oxygens (including phenoxy) is 1. The lowest BCUT2D eigenvalue weighted by Gasteiger charge is -2.06. The molecule has 0 saturated carbocycles. The van der Waals surface area contributed by atoms with Gasteiger partial charge in [-0.2, -0.15) is 5.10 Å². The molecule has 0 atom stereocenters. The van der Waals surface area contributed by atoms with Crippen molar-refractivity contribution < 1.29 is 4.74 Å². The highest BCUT2D eigenvalue weighted by molar-refractivity contribution is 6.06. The molecule has 84 valence electrons. The molecule has 1 aromatic rings. The van der Waals surface area contributed by atoms with E-state index < -0.39 is 0 Å². The molecule has 0 bridgehead atoms. The van der Waals surface area contributed by atoms with Crippen molar-refractivity contribution in [2.75, 3.05) is 6.61 Å². The Kier molecular flexibility index (Phi) is 5.47. The van der Waals surface area contributed by atoms with Crippen LogP contribution in [-0.4, -0.2) is 20.3 Å². The van der Waals surface area contributed by atoms with Crippen LogP contribution < -0.4 is 10.1 Å². The van der Waals surface area contributed by atoms with E-state index in [1.807, 2.05) is 31.2 Å². The van der Waals surface area contributed by atoms with Gasteiger partial charge in [-0.1, -0.05) is 13.3 Å². The summed E-state index contributed by atoms with van der Waals surface area (Å²) in [6, 6.07) is 7.83. The minimum atomic E-state index is 0.771. The van der Waals surface area contributed by atoms with Crippen molar-refractivity contribution in [3.63, 3.8) is 0 Å². The molecule has 0 aliphatic carbocycles. The molecule has 1 N–H and O–H groups in total. The van der Waals surface area contributed by atoms with E-state index in [2.05, 4.69) is 17.4 Å². The molecule has 0 unspecified atom stereocenters. The quantitative estimate of drug-likeness (QED) is 0.342. The van der Waals surface area contributed by atoms with Crippen LogP contribution in [0.5, 0.6) is 5.75 Å². The van der Waals surface area contributed by atoms with Crippen molar-refractivity contribution >= 4 is 13.7 Å². The van der Waals surface area contributed by atoms with Crippen LogP contribution in [0.15, 0.2) is 29.4 Å². The van der Waals surface area contributed by atoms with Gasteiger partial charge in [0.1, 0.15) is 5.75 Å². The minimum Gasteiger partial charge on any atom is -0.494 e. The van der Waals surface area contributed by atoms with Gasteiger partial charge < -0.3 is 10.1 Å². The lowest BCUT2D eigenvalue weighted by atomic mass is 10.1. The fraction of sp³-hybridized carbons (Fsp3) is 0.417. The van der Waals surface area contributed by atoms with Crippen molar-refractivity contribution in [2.45, 2.75) is 26.7 Å². The number of nitrogens with zero attached hydrogens (tertiary/aromatic N) is 1. The third kappa shape index (κ3) is 3.97. The molecule has 0 aliphatic rings. The predicted molar refractivity (Wildman–Crippen MR) is 67.9 cm³/mol. The predicted octanol–water partition coefficient (Wildman–Crippen LogP) is 2.26. The number of nitrogens with one attached hydrogen (secondary N) is 1. The molecule has 0 aromatic heterocycles. The minimum absolute atomic E-state index is 0.771. The average molecular weight is 216 g/mol. The molecule has 0 saturated heterocycles. The summed E-state index contributed by atoms with van der Waals surface area (Å²) in [5.41, 5.74) is 1.88. The molecule has 0 spiro atoms. The van der Waals surface area contributed by atoms with E-state index in [0.29, 0.717) is 0 Å². The maximum Gasteiger partial charge on any atom is 0.251 e. The number of unbranched alkanes of at least 4 members (excludes halogenated alkanes) is 1. The second kappa shape index (κ2) is 6.93. The van der Waals surface area contributed by atoms with Gasteiger partial charge in [-0.25, -0.2) is 0 Å². The van der Waals surface area contributed by atoms with Gasteiger partial charge in [-0.05, 0) is 43.2 Å². The summed E-state index contributed by atoms with van der Waals surface area (Å²) in [6.45, 7) is 4.81. The molecule has 4 heteroatoms. The van der Waals surface area contributed by atoms with E-state index in [1.165, 1.54) is 0 Å². The van der Waals surface area contributed by atoms with Crippen LogP contribution in [0, 0.1) is 0 Å². The van der Waals surface area contributed by atoms with Crippen LogP contribution in [0.1, 0.15) is 32.3 Å². The molecule has 1 aromatic carbocycles. The number of benzene rings is 1. The van der Waals surface area contributed by atoms with E-state index in [0.717, 1.165) is 36.5 Å². The molecule has 0 heterocycles. The third-order valence-corrected chi connectivity index (χ3v) is 2.27. The fourth-order valence-electron chi connectivity index (χ4n) is 1.29. The number of hydrazone groups is 1. The Labute approximate surface area is 98.3 Å². The summed E-state index contributed by atoms with van der Waals surface area (Å²) in [7, 11) is 5.12. The van der Waals surface area contributed by atoms with Crippen LogP contribution in [0.4, 0.5) is 0 Å². The summed E-state index contributed by atoms with van der Waals surface area (Å²) >= 11 is 0. The monoisotopic (exact) mass is 216 g/mol. The molecule has 1 rings (SSSR count). The van der Waals surface area contributed by atoms with Gasteiger partial charge in [0.25, 0.3) is 7.98 Å². The van der Waals surface area contributed by atoms with Gasteiger partial charge in [0.15, 0.2) is 0 Å². The van der Waals surface area contributed by atoms with Gasteiger partial charge in [0, 0.05) is 0 Å². The summed E-state index contributed by atoms with van der Waals surface area (Å²) in [6.07, 6.45) is 2.23.